The normalized spacial score (nSPS) is 42.6. The van der Waals surface area contributed by atoms with Gasteiger partial charge in [-0.2, -0.15) is 0 Å². The van der Waals surface area contributed by atoms with Crippen molar-refractivity contribution in [3.05, 3.63) is 24.6 Å². The van der Waals surface area contributed by atoms with E-state index >= 15 is 0 Å². The SMILES string of the molecule is C=C1C2C3C(C)(C(=C)N1CCCCCCC)[C@]3(C)C2(C)C. The molecule has 0 aromatic rings. The van der Waals surface area contributed by atoms with Gasteiger partial charge >= 0.3 is 0 Å². The van der Waals surface area contributed by atoms with E-state index in [0.717, 1.165) is 12.5 Å². The minimum absolute atomic E-state index is 0.325. The van der Waals surface area contributed by atoms with E-state index in [9.17, 15) is 0 Å². The van der Waals surface area contributed by atoms with E-state index < -0.39 is 0 Å². The van der Waals surface area contributed by atoms with E-state index in [1.165, 1.54) is 43.5 Å². The van der Waals surface area contributed by atoms with E-state index in [1.54, 1.807) is 0 Å². The van der Waals surface area contributed by atoms with E-state index in [1.807, 2.05) is 0 Å². The fourth-order valence-corrected chi connectivity index (χ4v) is 6.08. The van der Waals surface area contributed by atoms with Crippen LogP contribution < -0.4 is 0 Å². The molecule has 21 heavy (non-hydrogen) atoms. The van der Waals surface area contributed by atoms with Crippen molar-refractivity contribution < 1.29 is 0 Å². The molecule has 3 aliphatic rings. The van der Waals surface area contributed by atoms with Crippen LogP contribution in [0.2, 0.25) is 0 Å². The van der Waals surface area contributed by atoms with Crippen LogP contribution in [0.4, 0.5) is 0 Å². The highest BCUT2D eigenvalue weighted by Gasteiger charge is 2.91. The molecule has 0 radical (unpaired) electrons. The lowest BCUT2D eigenvalue weighted by atomic mass is 9.54. The molecule has 1 saturated heterocycles. The molecule has 3 rings (SSSR count). The summed E-state index contributed by atoms with van der Waals surface area (Å²) in [5.74, 6) is 1.48. The van der Waals surface area contributed by atoms with Crippen molar-refractivity contribution in [3.63, 3.8) is 0 Å². The largest absolute Gasteiger partial charge is 0.349 e. The van der Waals surface area contributed by atoms with Gasteiger partial charge in [0.2, 0.25) is 0 Å². The van der Waals surface area contributed by atoms with E-state index in [0.29, 0.717) is 22.2 Å². The first-order chi connectivity index (χ1) is 9.76. The van der Waals surface area contributed by atoms with Gasteiger partial charge in [-0.15, -0.1) is 0 Å². The van der Waals surface area contributed by atoms with E-state index in [4.69, 9.17) is 0 Å². The maximum atomic E-state index is 4.51. The number of unbranched alkanes of at least 4 members (excludes halogenated alkanes) is 4. The summed E-state index contributed by atoms with van der Waals surface area (Å²) >= 11 is 0. The molecule has 0 aromatic carbocycles. The minimum atomic E-state index is 0.325. The Bertz CT molecular complexity index is 488. The molecule has 4 atom stereocenters. The van der Waals surface area contributed by atoms with Crippen LogP contribution in [0.1, 0.15) is 66.7 Å². The van der Waals surface area contributed by atoms with Crippen LogP contribution >= 0.6 is 0 Å². The Morgan fingerprint density at radius 2 is 1.62 bits per heavy atom. The van der Waals surface area contributed by atoms with Gasteiger partial charge in [0.1, 0.15) is 0 Å². The summed E-state index contributed by atoms with van der Waals surface area (Å²) < 4.78 is 0. The lowest BCUT2D eigenvalue weighted by molar-refractivity contribution is -0.00578. The fraction of sp³-hybridized carbons (Fsp3) is 0.800. The summed E-state index contributed by atoms with van der Waals surface area (Å²) in [6.07, 6.45) is 6.68. The minimum Gasteiger partial charge on any atom is -0.349 e. The van der Waals surface area contributed by atoms with Crippen molar-refractivity contribution in [2.45, 2.75) is 66.7 Å². The first-order valence-corrected chi connectivity index (χ1v) is 8.92. The van der Waals surface area contributed by atoms with Crippen LogP contribution in [0.5, 0.6) is 0 Å². The molecule has 3 unspecified atom stereocenters. The number of allylic oxidation sites excluding steroid dienone is 2. The van der Waals surface area contributed by atoms with Gasteiger partial charge in [0.25, 0.3) is 0 Å². The third kappa shape index (κ3) is 1.48. The Labute approximate surface area is 131 Å². The summed E-state index contributed by atoms with van der Waals surface area (Å²) in [7, 11) is 0. The lowest BCUT2D eigenvalue weighted by Crippen LogP contribution is -2.48. The third-order valence-electron chi connectivity index (χ3n) is 7.81. The molecule has 1 nitrogen and oxygen atoms in total. The van der Waals surface area contributed by atoms with Crippen molar-refractivity contribution in [3.8, 4) is 0 Å². The number of likely N-dealkylation sites (tertiary alicyclic amines) is 1. The van der Waals surface area contributed by atoms with Crippen LogP contribution in [0.15, 0.2) is 24.6 Å². The smallest absolute Gasteiger partial charge is 0.0224 e. The highest BCUT2D eigenvalue weighted by molar-refractivity contribution is 5.50. The summed E-state index contributed by atoms with van der Waals surface area (Å²) in [4.78, 5) is 2.49. The van der Waals surface area contributed by atoms with Gasteiger partial charge in [0.05, 0.1) is 0 Å². The van der Waals surface area contributed by atoms with Crippen molar-refractivity contribution in [2.24, 2.45) is 28.1 Å². The topological polar surface area (TPSA) is 3.24 Å². The van der Waals surface area contributed by atoms with Crippen molar-refractivity contribution in [1.82, 2.24) is 4.90 Å². The standard InChI is InChI=1S/C20H33N/c1-8-9-10-11-12-13-21-14(2)16-17-19(6,15(21)3)20(17,7)18(16,4)5/h16-17H,2-3,8-13H2,1,4-7H3/t16?,17?,19?,20-/m0/s1. The van der Waals surface area contributed by atoms with Crippen molar-refractivity contribution in [2.75, 3.05) is 6.54 Å². The van der Waals surface area contributed by atoms with E-state index in [2.05, 4.69) is 52.7 Å². The van der Waals surface area contributed by atoms with Gasteiger partial charge in [-0.05, 0) is 23.2 Å². The van der Waals surface area contributed by atoms with Gasteiger partial charge in [-0.3, -0.25) is 0 Å². The quantitative estimate of drug-likeness (QED) is 0.575. The van der Waals surface area contributed by atoms with Gasteiger partial charge in [-0.1, -0.05) is 73.5 Å². The second-order valence-corrected chi connectivity index (χ2v) is 8.59. The first kappa shape index (κ1) is 15.2. The Morgan fingerprint density at radius 3 is 2.24 bits per heavy atom. The molecular weight excluding hydrogens is 254 g/mol. The zero-order valence-electron chi connectivity index (χ0n) is 14.8. The van der Waals surface area contributed by atoms with Crippen LogP contribution in [-0.2, 0) is 0 Å². The maximum absolute atomic E-state index is 4.51. The number of hydrogen-bond donors (Lipinski definition) is 0. The Hall–Kier alpha value is -0.720. The zero-order valence-corrected chi connectivity index (χ0v) is 14.8. The van der Waals surface area contributed by atoms with Crippen LogP contribution in [0.25, 0.3) is 0 Å². The summed E-state index contributed by atoms with van der Waals surface area (Å²) in [5, 5.41) is 0. The molecule has 0 spiro atoms. The van der Waals surface area contributed by atoms with Crippen LogP contribution in [-0.4, -0.2) is 11.4 Å². The molecule has 2 saturated carbocycles. The summed E-state index contributed by atoms with van der Waals surface area (Å²) in [5.41, 5.74) is 3.87. The molecule has 0 N–H and O–H groups in total. The number of nitrogens with zero attached hydrogens (tertiary/aromatic N) is 1. The van der Waals surface area contributed by atoms with Gasteiger partial charge in [0.15, 0.2) is 0 Å². The van der Waals surface area contributed by atoms with Gasteiger partial charge in [-0.25, -0.2) is 0 Å². The molecule has 1 heteroatoms. The van der Waals surface area contributed by atoms with E-state index in [-0.39, 0.29) is 0 Å². The molecule has 3 fully saturated rings. The summed E-state index contributed by atoms with van der Waals surface area (Å²) in [6, 6.07) is 0. The second-order valence-electron chi connectivity index (χ2n) is 8.59. The second kappa shape index (κ2) is 4.40. The monoisotopic (exact) mass is 287 g/mol. The number of piperidine rings is 1. The molecule has 0 aromatic heterocycles. The van der Waals surface area contributed by atoms with Crippen LogP contribution in [0, 0.1) is 28.1 Å². The number of fused-ring (bicyclic) bond motifs is 1. The Morgan fingerprint density at radius 1 is 1.00 bits per heavy atom. The predicted octanol–water partition coefficient (Wildman–Crippen LogP) is 5.60. The molecule has 118 valence electrons. The van der Waals surface area contributed by atoms with Crippen molar-refractivity contribution >= 4 is 0 Å². The average Bonchev–Trinajstić information content (AvgIpc) is 2.91. The average molecular weight is 287 g/mol. The Kier molecular flexibility index (Phi) is 3.18. The summed E-state index contributed by atoms with van der Waals surface area (Å²) in [6.45, 7) is 22.2. The highest BCUT2D eigenvalue weighted by Crippen LogP contribution is 2.94. The highest BCUT2D eigenvalue weighted by atomic mass is 15.2. The van der Waals surface area contributed by atoms with Gasteiger partial charge in [0, 0.05) is 29.3 Å². The number of rotatable bonds is 6. The molecule has 1 aliphatic heterocycles. The third-order valence-corrected chi connectivity index (χ3v) is 7.81. The number of hydrogen-bond acceptors (Lipinski definition) is 1. The van der Waals surface area contributed by atoms with Gasteiger partial charge < -0.3 is 4.90 Å². The molecule has 1 heterocycles. The molecular formula is C20H33N. The molecule has 0 amide bonds. The van der Waals surface area contributed by atoms with Crippen molar-refractivity contribution in [1.29, 1.82) is 0 Å². The molecule has 2 aliphatic carbocycles. The van der Waals surface area contributed by atoms with Crippen LogP contribution in [0.3, 0.4) is 0 Å². The lowest BCUT2D eigenvalue weighted by Gasteiger charge is -2.52. The molecule has 0 bridgehead atoms. The first-order valence-electron chi connectivity index (χ1n) is 8.92. The predicted molar refractivity (Wildman–Crippen MR) is 90.7 cm³/mol. The Balaban J connectivity index is 1.71. The zero-order chi connectivity index (χ0) is 15.6. The maximum Gasteiger partial charge on any atom is 0.0224 e. The fourth-order valence-electron chi connectivity index (χ4n) is 6.08.